The standard InChI is InChI=1S/C18H20Cl2N4O2/c19-15-10-21-24(18(25)17(15)20)12-23-6-4-22(5-7-23)11-13-1-2-16-14(9-13)3-8-26-16/h1-2,9-10H,3-8,11-12H2. The molecule has 0 N–H and O–H groups in total. The first-order valence-corrected chi connectivity index (χ1v) is 9.46. The number of rotatable bonds is 4. The summed E-state index contributed by atoms with van der Waals surface area (Å²) in [5.74, 6) is 1.03. The highest BCUT2D eigenvalue weighted by atomic mass is 35.5. The van der Waals surface area contributed by atoms with Crippen LogP contribution in [0.25, 0.3) is 0 Å². The van der Waals surface area contributed by atoms with Crippen molar-refractivity contribution in [1.82, 2.24) is 19.6 Å². The molecule has 0 saturated carbocycles. The minimum absolute atomic E-state index is 0.0286. The molecule has 2 aliphatic rings. The highest BCUT2D eigenvalue weighted by Gasteiger charge is 2.19. The van der Waals surface area contributed by atoms with Gasteiger partial charge < -0.3 is 4.74 Å². The first-order valence-electron chi connectivity index (χ1n) is 8.70. The van der Waals surface area contributed by atoms with Gasteiger partial charge in [-0.25, -0.2) is 4.68 Å². The molecular weight excluding hydrogens is 375 g/mol. The van der Waals surface area contributed by atoms with E-state index in [4.69, 9.17) is 27.9 Å². The lowest BCUT2D eigenvalue weighted by molar-refractivity contribution is 0.0969. The summed E-state index contributed by atoms with van der Waals surface area (Å²) in [4.78, 5) is 16.7. The van der Waals surface area contributed by atoms with Crippen LogP contribution < -0.4 is 10.3 Å². The Morgan fingerprint density at radius 1 is 1.12 bits per heavy atom. The molecule has 138 valence electrons. The molecule has 0 radical (unpaired) electrons. The van der Waals surface area contributed by atoms with Crippen LogP contribution in [-0.2, 0) is 19.6 Å². The Hall–Kier alpha value is -1.60. The van der Waals surface area contributed by atoms with Crippen molar-refractivity contribution in [3.63, 3.8) is 0 Å². The zero-order valence-corrected chi connectivity index (χ0v) is 15.8. The predicted molar refractivity (Wildman–Crippen MR) is 101 cm³/mol. The summed E-state index contributed by atoms with van der Waals surface area (Å²) >= 11 is 11.7. The lowest BCUT2D eigenvalue weighted by Gasteiger charge is -2.34. The minimum atomic E-state index is -0.345. The van der Waals surface area contributed by atoms with Gasteiger partial charge in [0.15, 0.2) is 0 Å². The number of halogens is 2. The lowest BCUT2D eigenvalue weighted by atomic mass is 10.1. The summed E-state index contributed by atoms with van der Waals surface area (Å²) < 4.78 is 6.93. The Morgan fingerprint density at radius 2 is 1.88 bits per heavy atom. The Balaban J connectivity index is 1.33. The third-order valence-corrected chi connectivity index (χ3v) is 5.65. The molecule has 8 heteroatoms. The van der Waals surface area contributed by atoms with Crippen molar-refractivity contribution in [2.75, 3.05) is 32.8 Å². The van der Waals surface area contributed by atoms with Gasteiger partial charge in [0.2, 0.25) is 0 Å². The van der Waals surface area contributed by atoms with Gasteiger partial charge in [0.05, 0.1) is 24.5 Å². The molecule has 3 heterocycles. The Kier molecular flexibility index (Phi) is 5.18. The molecule has 4 rings (SSSR count). The molecule has 1 aromatic carbocycles. The molecule has 1 aromatic heterocycles. The highest BCUT2D eigenvalue weighted by molar-refractivity contribution is 6.41. The van der Waals surface area contributed by atoms with Gasteiger partial charge in [0.25, 0.3) is 5.56 Å². The van der Waals surface area contributed by atoms with Crippen LogP contribution in [0.2, 0.25) is 10.0 Å². The van der Waals surface area contributed by atoms with Gasteiger partial charge in [-0.1, -0.05) is 35.3 Å². The van der Waals surface area contributed by atoms with Crippen molar-refractivity contribution in [3.05, 3.63) is 55.9 Å². The molecule has 0 atom stereocenters. The van der Waals surface area contributed by atoms with Crippen molar-refractivity contribution in [1.29, 1.82) is 0 Å². The number of aromatic nitrogens is 2. The maximum absolute atomic E-state index is 12.1. The Morgan fingerprint density at radius 3 is 2.69 bits per heavy atom. The molecule has 2 aliphatic heterocycles. The molecule has 1 saturated heterocycles. The molecule has 0 spiro atoms. The van der Waals surface area contributed by atoms with E-state index in [-0.39, 0.29) is 15.6 Å². The normalized spacial score (nSPS) is 17.9. The van der Waals surface area contributed by atoms with Crippen molar-refractivity contribution in [2.24, 2.45) is 0 Å². The number of hydrogen-bond acceptors (Lipinski definition) is 5. The molecule has 2 aromatic rings. The Bertz CT molecular complexity index is 863. The number of piperazine rings is 1. The number of hydrogen-bond donors (Lipinski definition) is 0. The summed E-state index contributed by atoms with van der Waals surface area (Å²) in [6.07, 6.45) is 2.42. The van der Waals surface area contributed by atoms with Gasteiger partial charge in [0.1, 0.15) is 10.8 Å². The summed E-state index contributed by atoms with van der Waals surface area (Å²) in [6, 6.07) is 6.49. The molecular formula is C18H20Cl2N4O2. The summed E-state index contributed by atoms with van der Waals surface area (Å²) in [5.41, 5.74) is 2.29. The first-order chi connectivity index (χ1) is 12.6. The molecule has 0 aliphatic carbocycles. The monoisotopic (exact) mass is 394 g/mol. The third kappa shape index (κ3) is 3.74. The van der Waals surface area contributed by atoms with Crippen LogP contribution in [-0.4, -0.2) is 52.4 Å². The van der Waals surface area contributed by atoms with E-state index in [9.17, 15) is 4.79 Å². The van der Waals surface area contributed by atoms with Crippen LogP contribution in [0.4, 0.5) is 0 Å². The van der Waals surface area contributed by atoms with E-state index in [1.807, 2.05) is 0 Å². The van der Waals surface area contributed by atoms with Crippen molar-refractivity contribution in [3.8, 4) is 5.75 Å². The van der Waals surface area contributed by atoms with Crippen LogP contribution >= 0.6 is 23.2 Å². The fourth-order valence-corrected chi connectivity index (χ4v) is 3.69. The first kappa shape index (κ1) is 17.8. The largest absolute Gasteiger partial charge is 0.493 e. The summed E-state index contributed by atoms with van der Waals surface area (Å²) in [5, 5.41) is 4.29. The molecule has 26 heavy (non-hydrogen) atoms. The van der Waals surface area contributed by atoms with E-state index >= 15 is 0 Å². The SMILES string of the molecule is O=c1c(Cl)c(Cl)cnn1CN1CCN(Cc2ccc3c(c2)CCO3)CC1. The van der Waals surface area contributed by atoms with Gasteiger partial charge in [-0.2, -0.15) is 5.10 Å². The van der Waals surface area contributed by atoms with Gasteiger partial charge in [-0.05, 0) is 17.2 Å². The van der Waals surface area contributed by atoms with Gasteiger partial charge in [0, 0.05) is 39.1 Å². The van der Waals surface area contributed by atoms with Gasteiger partial charge in [-0.15, -0.1) is 0 Å². The van der Waals surface area contributed by atoms with Gasteiger partial charge in [-0.3, -0.25) is 14.6 Å². The van der Waals surface area contributed by atoms with Crippen LogP contribution in [0.1, 0.15) is 11.1 Å². The fourth-order valence-electron chi connectivity index (χ4n) is 3.42. The van der Waals surface area contributed by atoms with Crippen molar-refractivity contribution in [2.45, 2.75) is 19.6 Å². The summed E-state index contributed by atoms with van der Waals surface area (Å²) in [7, 11) is 0. The van der Waals surface area contributed by atoms with E-state index in [2.05, 4.69) is 33.1 Å². The van der Waals surface area contributed by atoms with E-state index in [1.54, 1.807) is 0 Å². The second-order valence-corrected chi connectivity index (χ2v) is 7.47. The van der Waals surface area contributed by atoms with E-state index in [0.717, 1.165) is 51.5 Å². The summed E-state index contributed by atoms with van der Waals surface area (Å²) in [6.45, 7) is 5.81. The number of nitrogens with zero attached hydrogens (tertiary/aromatic N) is 4. The Labute approximate surface area is 161 Å². The number of benzene rings is 1. The lowest BCUT2D eigenvalue weighted by Crippen LogP contribution is -2.47. The van der Waals surface area contributed by atoms with E-state index < -0.39 is 0 Å². The molecule has 6 nitrogen and oxygen atoms in total. The van der Waals surface area contributed by atoms with Crippen LogP contribution in [0.3, 0.4) is 0 Å². The highest BCUT2D eigenvalue weighted by Crippen LogP contribution is 2.26. The smallest absolute Gasteiger partial charge is 0.288 e. The van der Waals surface area contributed by atoms with Crippen molar-refractivity contribution < 1.29 is 4.74 Å². The van der Waals surface area contributed by atoms with Crippen molar-refractivity contribution >= 4 is 23.2 Å². The molecule has 0 bridgehead atoms. The quantitative estimate of drug-likeness (QED) is 0.795. The number of ether oxygens (including phenoxy) is 1. The maximum atomic E-state index is 12.1. The number of fused-ring (bicyclic) bond motifs is 1. The average Bonchev–Trinajstić information content (AvgIpc) is 3.11. The molecule has 1 fully saturated rings. The second-order valence-electron chi connectivity index (χ2n) is 6.69. The minimum Gasteiger partial charge on any atom is -0.493 e. The zero-order chi connectivity index (χ0) is 18.1. The second kappa shape index (κ2) is 7.56. The van der Waals surface area contributed by atoms with E-state index in [0.29, 0.717) is 6.67 Å². The maximum Gasteiger partial charge on any atom is 0.288 e. The van der Waals surface area contributed by atoms with E-state index in [1.165, 1.54) is 22.0 Å². The van der Waals surface area contributed by atoms with Gasteiger partial charge >= 0.3 is 0 Å². The topological polar surface area (TPSA) is 50.6 Å². The molecule has 0 amide bonds. The van der Waals surface area contributed by atoms with Crippen LogP contribution in [0.15, 0.2) is 29.2 Å². The predicted octanol–water partition coefficient (Wildman–Crippen LogP) is 2.26. The average molecular weight is 395 g/mol. The third-order valence-electron chi connectivity index (χ3n) is 4.90. The van der Waals surface area contributed by atoms with Crippen LogP contribution in [0.5, 0.6) is 5.75 Å². The van der Waals surface area contributed by atoms with Crippen LogP contribution in [0, 0.1) is 0 Å². The molecule has 0 unspecified atom stereocenters. The fraction of sp³-hybridized carbons (Fsp3) is 0.444. The zero-order valence-electron chi connectivity index (χ0n) is 14.3.